The highest BCUT2D eigenvalue weighted by Gasteiger charge is 2.61. The zero-order valence-electron chi connectivity index (χ0n) is 22.3. The first kappa shape index (κ1) is 30.4. The van der Waals surface area contributed by atoms with Gasteiger partial charge in [-0.2, -0.15) is 26.3 Å². The molecule has 3 aromatic rings. The summed E-state index contributed by atoms with van der Waals surface area (Å²) < 4.78 is 115. The second kappa shape index (κ2) is 10.6. The van der Waals surface area contributed by atoms with E-state index in [4.69, 9.17) is 19.9 Å². The highest BCUT2D eigenvalue weighted by Crippen LogP contribution is 2.51. The van der Waals surface area contributed by atoms with E-state index in [1.165, 1.54) is 25.3 Å². The van der Waals surface area contributed by atoms with E-state index >= 15 is 0 Å². The van der Waals surface area contributed by atoms with Crippen molar-refractivity contribution < 1.29 is 54.8 Å². The molecule has 1 saturated carbocycles. The molecule has 0 radical (unpaired) electrons. The molecule has 1 fully saturated rings. The first-order chi connectivity index (χ1) is 20.1. The van der Waals surface area contributed by atoms with Crippen LogP contribution in [0.3, 0.4) is 0 Å². The summed E-state index contributed by atoms with van der Waals surface area (Å²) in [5.41, 5.74) is -4.66. The Morgan fingerprint density at radius 3 is 2.35 bits per heavy atom. The number of aromatic nitrogens is 1. The van der Waals surface area contributed by atoms with Crippen molar-refractivity contribution >= 4 is 5.91 Å². The van der Waals surface area contributed by atoms with Crippen LogP contribution in [0.1, 0.15) is 34.5 Å². The molecule has 5 rings (SSSR count). The SMILES string of the molecule is COc1cc(C(=O)NC[C@](O)(c2cc3c(c(-c4ccc(F)cc4)n2)OC[C@]3(N)C(F)(F)F)C(F)(F)F)ccc1OC1CC1. The van der Waals surface area contributed by atoms with Gasteiger partial charge in [0.2, 0.25) is 5.60 Å². The Hall–Kier alpha value is -4.11. The minimum absolute atomic E-state index is 0.00927. The summed E-state index contributed by atoms with van der Waals surface area (Å²) in [6, 6.07) is 8.20. The van der Waals surface area contributed by atoms with Crippen LogP contribution < -0.4 is 25.3 Å². The fourth-order valence-corrected chi connectivity index (χ4v) is 4.44. The topological polar surface area (TPSA) is 116 Å². The van der Waals surface area contributed by atoms with E-state index in [0.717, 1.165) is 37.1 Å². The number of ether oxygens (including phenoxy) is 3. The molecule has 0 bridgehead atoms. The minimum atomic E-state index is -5.56. The van der Waals surface area contributed by atoms with E-state index in [2.05, 4.69) is 4.98 Å². The zero-order valence-corrected chi connectivity index (χ0v) is 22.3. The first-order valence-electron chi connectivity index (χ1n) is 12.8. The molecule has 230 valence electrons. The molecule has 8 nitrogen and oxygen atoms in total. The molecule has 2 aromatic carbocycles. The van der Waals surface area contributed by atoms with E-state index in [0.29, 0.717) is 11.8 Å². The van der Waals surface area contributed by atoms with E-state index < -0.39 is 71.1 Å². The molecule has 2 atom stereocenters. The standard InChI is InChI=1S/C28H24F7N3O5/c1-41-20-10-15(4-9-19(20)43-17-7-8-17)24(39)37-12-26(40,28(33,34)35)21-11-18-23(42-13-25(18,36)27(30,31)32)22(38-21)14-2-5-16(29)6-3-14/h2-6,9-11,17,40H,7-8,12-13,36H2,1H3,(H,37,39)/t25-,26+/m1/s1. The number of methoxy groups -OCH3 is 1. The third-order valence-corrected chi connectivity index (χ3v) is 7.16. The van der Waals surface area contributed by atoms with Crippen molar-refractivity contribution in [3.05, 3.63) is 71.2 Å². The van der Waals surface area contributed by atoms with Crippen molar-refractivity contribution in [1.29, 1.82) is 0 Å². The van der Waals surface area contributed by atoms with E-state index in [1.807, 2.05) is 5.32 Å². The van der Waals surface area contributed by atoms with Gasteiger partial charge in [-0.25, -0.2) is 9.37 Å². The number of pyridine rings is 1. The molecule has 0 spiro atoms. The molecule has 1 aliphatic heterocycles. The number of hydrogen-bond acceptors (Lipinski definition) is 7. The lowest BCUT2D eigenvalue weighted by atomic mass is 9.87. The summed E-state index contributed by atoms with van der Waals surface area (Å²) >= 11 is 0. The Labute approximate surface area is 239 Å². The minimum Gasteiger partial charge on any atom is -0.493 e. The van der Waals surface area contributed by atoms with Crippen molar-refractivity contribution in [2.24, 2.45) is 5.73 Å². The zero-order chi connectivity index (χ0) is 31.4. The van der Waals surface area contributed by atoms with Crippen molar-refractivity contribution in [2.45, 2.75) is 42.4 Å². The quantitative estimate of drug-likeness (QED) is 0.314. The van der Waals surface area contributed by atoms with Crippen LogP contribution in [0.2, 0.25) is 0 Å². The summed E-state index contributed by atoms with van der Waals surface area (Å²) in [7, 11) is 1.31. The number of aliphatic hydroxyl groups is 1. The Balaban J connectivity index is 1.54. The van der Waals surface area contributed by atoms with Crippen LogP contribution in [0.25, 0.3) is 11.3 Å². The maximum Gasteiger partial charge on any atom is 0.424 e. The Morgan fingerprint density at radius 1 is 1.09 bits per heavy atom. The number of amides is 1. The Morgan fingerprint density at radius 2 is 1.77 bits per heavy atom. The number of hydrogen-bond donors (Lipinski definition) is 3. The van der Waals surface area contributed by atoms with Gasteiger partial charge in [-0.3, -0.25) is 4.79 Å². The Bertz CT molecular complexity index is 1540. The van der Waals surface area contributed by atoms with Gasteiger partial charge in [0.05, 0.1) is 25.5 Å². The van der Waals surface area contributed by atoms with Crippen LogP contribution in [-0.4, -0.2) is 54.7 Å². The Kier molecular flexibility index (Phi) is 7.45. The van der Waals surface area contributed by atoms with Crippen LogP contribution in [0.15, 0.2) is 48.5 Å². The van der Waals surface area contributed by atoms with Crippen LogP contribution in [-0.2, 0) is 11.1 Å². The molecule has 1 aromatic heterocycles. The fraction of sp³-hybridized carbons (Fsp3) is 0.357. The van der Waals surface area contributed by atoms with Gasteiger partial charge in [-0.15, -0.1) is 0 Å². The maximum absolute atomic E-state index is 14.5. The third-order valence-electron chi connectivity index (χ3n) is 7.16. The molecule has 0 saturated heterocycles. The lowest BCUT2D eigenvalue weighted by molar-refractivity contribution is -0.265. The second-order valence-corrected chi connectivity index (χ2v) is 10.2. The summed E-state index contributed by atoms with van der Waals surface area (Å²) in [5, 5.41) is 13.0. The van der Waals surface area contributed by atoms with Gasteiger partial charge in [0.25, 0.3) is 5.91 Å². The molecular formula is C28H24F7N3O5. The average molecular weight is 616 g/mol. The monoisotopic (exact) mass is 615 g/mol. The summed E-state index contributed by atoms with van der Waals surface area (Å²) in [6.07, 6.45) is -9.08. The van der Waals surface area contributed by atoms with Crippen LogP contribution in [0, 0.1) is 5.82 Å². The van der Waals surface area contributed by atoms with Crippen LogP contribution in [0.4, 0.5) is 30.7 Å². The summed E-state index contributed by atoms with van der Waals surface area (Å²) in [6.45, 7) is -2.73. The second-order valence-electron chi connectivity index (χ2n) is 10.2. The summed E-state index contributed by atoms with van der Waals surface area (Å²) in [5.74, 6) is -1.92. The molecule has 43 heavy (non-hydrogen) atoms. The van der Waals surface area contributed by atoms with Gasteiger partial charge >= 0.3 is 12.4 Å². The lowest BCUT2D eigenvalue weighted by Crippen LogP contribution is -2.53. The number of nitrogens with two attached hydrogens (primary N) is 1. The molecule has 15 heteroatoms. The maximum atomic E-state index is 14.5. The van der Waals surface area contributed by atoms with Crippen molar-refractivity contribution in [2.75, 3.05) is 20.3 Å². The van der Waals surface area contributed by atoms with Crippen molar-refractivity contribution in [3.63, 3.8) is 0 Å². The predicted octanol–water partition coefficient (Wildman–Crippen LogP) is 4.73. The number of nitrogens with one attached hydrogen (secondary N) is 1. The number of alkyl halides is 6. The number of carbonyl (C=O) groups excluding carboxylic acids is 1. The van der Waals surface area contributed by atoms with Gasteiger partial charge < -0.3 is 30.4 Å². The highest BCUT2D eigenvalue weighted by atomic mass is 19.4. The smallest absolute Gasteiger partial charge is 0.424 e. The van der Waals surface area contributed by atoms with Crippen LogP contribution >= 0.6 is 0 Å². The largest absolute Gasteiger partial charge is 0.493 e. The molecule has 4 N–H and O–H groups in total. The average Bonchev–Trinajstić information content (AvgIpc) is 3.70. The van der Waals surface area contributed by atoms with Gasteiger partial charge in [0.1, 0.15) is 18.1 Å². The van der Waals surface area contributed by atoms with Gasteiger partial charge in [0, 0.05) is 16.7 Å². The number of benzene rings is 2. The molecule has 1 aliphatic carbocycles. The van der Waals surface area contributed by atoms with Crippen LogP contribution in [0.5, 0.6) is 17.2 Å². The number of rotatable bonds is 8. The van der Waals surface area contributed by atoms with Crippen molar-refractivity contribution in [1.82, 2.24) is 10.3 Å². The van der Waals surface area contributed by atoms with Gasteiger partial charge in [-0.1, -0.05) is 0 Å². The molecule has 1 amide bonds. The molecule has 2 aliphatic rings. The van der Waals surface area contributed by atoms with Gasteiger partial charge in [-0.05, 0) is 61.4 Å². The van der Waals surface area contributed by atoms with E-state index in [9.17, 15) is 40.6 Å². The fourth-order valence-electron chi connectivity index (χ4n) is 4.44. The molecule has 2 heterocycles. The number of nitrogens with zero attached hydrogens (tertiary/aromatic N) is 1. The number of fused-ring (bicyclic) bond motifs is 1. The normalized spacial score (nSPS) is 19.7. The van der Waals surface area contributed by atoms with Gasteiger partial charge in [0.15, 0.2) is 22.8 Å². The first-order valence-corrected chi connectivity index (χ1v) is 12.8. The van der Waals surface area contributed by atoms with Crippen molar-refractivity contribution in [3.8, 4) is 28.5 Å². The third kappa shape index (κ3) is 5.54. The number of halogens is 7. The summed E-state index contributed by atoms with van der Waals surface area (Å²) in [4.78, 5) is 16.7. The highest BCUT2D eigenvalue weighted by molar-refractivity contribution is 5.95. The van der Waals surface area contributed by atoms with E-state index in [-0.39, 0.29) is 23.0 Å². The number of carbonyl (C=O) groups is 1. The molecule has 0 unspecified atom stereocenters. The van der Waals surface area contributed by atoms with E-state index in [1.54, 1.807) is 0 Å². The predicted molar refractivity (Wildman–Crippen MR) is 136 cm³/mol. The molecular weight excluding hydrogens is 591 g/mol. The lowest BCUT2D eigenvalue weighted by Gasteiger charge is -2.32.